The van der Waals surface area contributed by atoms with Gasteiger partial charge in [0.05, 0.1) is 10.8 Å². The van der Waals surface area contributed by atoms with E-state index in [1.807, 2.05) is 0 Å². The molecule has 312 valence electrons. The monoisotopic (exact) mass is 856 g/mol. The molecule has 3 aliphatic carbocycles. The molecule has 0 unspecified atom stereocenters. The summed E-state index contributed by atoms with van der Waals surface area (Å²) in [5.74, 6) is 0. The second-order valence-corrected chi connectivity index (χ2v) is 19.3. The van der Waals surface area contributed by atoms with Gasteiger partial charge in [-0.25, -0.2) is 0 Å². The van der Waals surface area contributed by atoms with Gasteiger partial charge in [0.15, 0.2) is 0 Å². The molecule has 0 atom stereocenters. The van der Waals surface area contributed by atoms with E-state index in [9.17, 15) is 0 Å². The molecule has 0 heterocycles. The van der Waals surface area contributed by atoms with Crippen LogP contribution in [0, 0.1) is 0 Å². The summed E-state index contributed by atoms with van der Waals surface area (Å²) in [4.78, 5) is 0. The second kappa shape index (κ2) is 13.1. The fraction of sp³-hybridized carbons (Fsp3) is 0.0294. The van der Waals surface area contributed by atoms with E-state index < -0.39 is 10.8 Å². The van der Waals surface area contributed by atoms with Crippen LogP contribution in [0.2, 0.25) is 0 Å². The normalized spacial score (nSPS) is 17.2. The smallest absolute Gasteiger partial charge is 0.0622 e. The molecule has 0 saturated carbocycles. The van der Waals surface area contributed by atoms with Crippen LogP contribution >= 0.6 is 0 Å². The molecule has 0 nitrogen and oxygen atoms in total. The topological polar surface area (TPSA) is 0 Å². The van der Waals surface area contributed by atoms with E-state index in [-0.39, 0.29) is 0 Å². The molecule has 13 aromatic rings. The maximum absolute atomic E-state index is 2.52. The van der Waals surface area contributed by atoms with Gasteiger partial charge >= 0.3 is 0 Å². The molecular formula is C68H40. The SMILES string of the molecule is c1ccc(-c2ccc3c4c(cccc24)C24c5cccc6c(-c7ccccc7)ccc(c56)C32c2ccc(-c3cccc(-c5ccc6c7ccccc7c7ccccc7c6c5)c3)c3cccc4c23)cc1. The first-order valence-corrected chi connectivity index (χ1v) is 24.0. The van der Waals surface area contributed by atoms with Crippen molar-refractivity contribution in [1.82, 2.24) is 0 Å². The Hall–Kier alpha value is -8.58. The van der Waals surface area contributed by atoms with Crippen molar-refractivity contribution in [2.75, 3.05) is 0 Å². The molecule has 0 N–H and O–H groups in total. The molecular weight excluding hydrogens is 817 g/mol. The first-order chi connectivity index (χ1) is 33.7. The molecule has 0 fully saturated rings. The van der Waals surface area contributed by atoms with Crippen LogP contribution in [0.1, 0.15) is 33.4 Å². The highest BCUT2D eigenvalue weighted by Crippen LogP contribution is 2.76. The summed E-state index contributed by atoms with van der Waals surface area (Å²) in [5.41, 5.74) is 17.6. The first kappa shape index (κ1) is 36.6. The van der Waals surface area contributed by atoms with Gasteiger partial charge in [-0.2, -0.15) is 0 Å². The molecule has 0 bridgehead atoms. The molecule has 0 saturated heterocycles. The van der Waals surface area contributed by atoms with Crippen molar-refractivity contribution < 1.29 is 0 Å². The maximum atomic E-state index is 2.52. The van der Waals surface area contributed by atoms with E-state index in [0.717, 1.165) is 0 Å². The number of hydrogen-bond donors (Lipinski definition) is 0. The van der Waals surface area contributed by atoms with Crippen LogP contribution in [-0.4, -0.2) is 0 Å². The van der Waals surface area contributed by atoms with Crippen LogP contribution in [0.4, 0.5) is 0 Å². The molecule has 13 aromatic carbocycles. The average molecular weight is 857 g/mol. The molecule has 68 heavy (non-hydrogen) atoms. The van der Waals surface area contributed by atoms with E-state index in [4.69, 9.17) is 0 Å². The third kappa shape index (κ3) is 4.29. The minimum atomic E-state index is -0.471. The summed E-state index contributed by atoms with van der Waals surface area (Å²) in [6.45, 7) is 0. The van der Waals surface area contributed by atoms with E-state index in [0.29, 0.717) is 0 Å². The Kier molecular flexibility index (Phi) is 7.04. The third-order valence-electron chi connectivity index (χ3n) is 16.5. The van der Waals surface area contributed by atoms with E-state index >= 15 is 0 Å². The Bertz CT molecular complexity index is 4160. The van der Waals surface area contributed by atoms with Crippen molar-refractivity contribution >= 4 is 64.6 Å². The lowest BCUT2D eigenvalue weighted by molar-refractivity contribution is 0.492. The molecule has 0 aliphatic heterocycles. The van der Waals surface area contributed by atoms with E-state index in [1.54, 1.807) is 0 Å². The summed E-state index contributed by atoms with van der Waals surface area (Å²) in [7, 11) is 0. The fourth-order valence-corrected chi connectivity index (χ4v) is 14.1. The Morgan fingerprint density at radius 1 is 0.176 bits per heavy atom. The summed E-state index contributed by atoms with van der Waals surface area (Å²) < 4.78 is 0. The maximum Gasteiger partial charge on any atom is 0.0648 e. The molecule has 3 aliphatic rings. The van der Waals surface area contributed by atoms with E-state index in [2.05, 4.69) is 243 Å². The zero-order chi connectivity index (χ0) is 44.3. The predicted octanol–water partition coefficient (Wildman–Crippen LogP) is 17.6. The highest BCUT2D eigenvalue weighted by molar-refractivity contribution is 6.26. The summed E-state index contributed by atoms with van der Waals surface area (Å²) in [5, 5.41) is 16.0. The molecule has 0 amide bonds. The van der Waals surface area contributed by atoms with Crippen molar-refractivity contribution in [3.05, 3.63) is 276 Å². The van der Waals surface area contributed by atoms with Gasteiger partial charge in [0, 0.05) is 0 Å². The lowest BCUT2D eigenvalue weighted by Gasteiger charge is -2.40. The first-order valence-electron chi connectivity index (χ1n) is 24.0. The number of benzene rings is 13. The van der Waals surface area contributed by atoms with E-state index in [1.165, 1.54) is 143 Å². The largest absolute Gasteiger partial charge is 0.0648 e. The summed E-state index contributed by atoms with van der Waals surface area (Å²) in [6.07, 6.45) is 0. The highest BCUT2D eigenvalue weighted by Gasteiger charge is 2.70. The predicted molar refractivity (Wildman–Crippen MR) is 286 cm³/mol. The summed E-state index contributed by atoms with van der Waals surface area (Å²) >= 11 is 0. The van der Waals surface area contributed by atoms with Gasteiger partial charge in [-0.3, -0.25) is 0 Å². The van der Waals surface area contributed by atoms with Gasteiger partial charge in [0.25, 0.3) is 0 Å². The second-order valence-electron chi connectivity index (χ2n) is 19.3. The zero-order valence-corrected chi connectivity index (χ0v) is 37.1. The highest BCUT2D eigenvalue weighted by atomic mass is 14.7. The van der Waals surface area contributed by atoms with Crippen LogP contribution in [0.5, 0.6) is 0 Å². The molecule has 0 spiro atoms. The minimum absolute atomic E-state index is 0.471. The molecule has 0 aromatic heterocycles. The lowest BCUT2D eigenvalue weighted by Crippen LogP contribution is -2.42. The van der Waals surface area contributed by atoms with Crippen LogP contribution in [0.15, 0.2) is 243 Å². The number of fused-ring (bicyclic) bond motifs is 6. The van der Waals surface area contributed by atoms with Gasteiger partial charge in [-0.15, -0.1) is 0 Å². The Morgan fingerprint density at radius 2 is 0.500 bits per heavy atom. The van der Waals surface area contributed by atoms with Crippen molar-refractivity contribution in [3.63, 3.8) is 0 Å². The molecule has 16 rings (SSSR count). The van der Waals surface area contributed by atoms with Crippen LogP contribution in [0.25, 0.3) is 109 Å². The van der Waals surface area contributed by atoms with Gasteiger partial charge < -0.3 is 0 Å². The van der Waals surface area contributed by atoms with Crippen LogP contribution < -0.4 is 0 Å². The van der Waals surface area contributed by atoms with Gasteiger partial charge in [0.1, 0.15) is 0 Å². The van der Waals surface area contributed by atoms with Gasteiger partial charge in [-0.05, 0) is 155 Å². The standard InChI is InChI=1S/C68H40/c1-3-15-41(16-4-1)46-33-36-61-64-54(46)25-12-28-58(64)67-59-29-13-26-55-47(42-17-5-2-6-18-42)34-37-62(65(55)59)68(61,67)63-38-35-48(56-27-14-30-60(67)66(56)63)45-20-11-19-43(39-45)44-31-32-53-51-23-8-7-21-49(51)50-22-9-10-24-52(50)57(53)40-44/h1-40H. The zero-order valence-electron chi connectivity index (χ0n) is 37.1. The van der Waals surface area contributed by atoms with Crippen molar-refractivity contribution in [2.24, 2.45) is 0 Å². The van der Waals surface area contributed by atoms with Crippen molar-refractivity contribution in [2.45, 2.75) is 10.8 Å². The Balaban J connectivity index is 0.952. The lowest BCUT2D eigenvalue weighted by atomic mass is 9.59. The van der Waals surface area contributed by atoms with Crippen LogP contribution in [-0.2, 0) is 10.8 Å². The molecule has 0 heteroatoms. The molecule has 0 radical (unpaired) electrons. The minimum Gasteiger partial charge on any atom is -0.0622 e. The average Bonchev–Trinajstić information content (AvgIpc) is 3.95. The number of hydrogen-bond acceptors (Lipinski definition) is 0. The summed E-state index contributed by atoms with van der Waals surface area (Å²) in [6, 6.07) is 92.3. The number of rotatable bonds is 4. The third-order valence-corrected chi connectivity index (χ3v) is 16.5. The van der Waals surface area contributed by atoms with Crippen LogP contribution in [0.3, 0.4) is 0 Å². The van der Waals surface area contributed by atoms with Crippen molar-refractivity contribution in [3.8, 4) is 44.5 Å². The van der Waals surface area contributed by atoms with Gasteiger partial charge in [0.2, 0.25) is 0 Å². The fourth-order valence-electron chi connectivity index (χ4n) is 14.1. The quantitative estimate of drug-likeness (QED) is 0.155. The Morgan fingerprint density at radius 3 is 0.971 bits per heavy atom. The Labute approximate surface area is 394 Å². The van der Waals surface area contributed by atoms with Gasteiger partial charge in [-0.1, -0.05) is 231 Å². The van der Waals surface area contributed by atoms with Crippen molar-refractivity contribution in [1.29, 1.82) is 0 Å².